The van der Waals surface area contributed by atoms with Gasteiger partial charge >= 0.3 is 0 Å². The molecule has 8 nitrogen and oxygen atoms in total. The molecule has 2 atom stereocenters. The average Bonchev–Trinajstić information content (AvgIpc) is 3.13. The fourth-order valence-electron chi connectivity index (χ4n) is 5.84. The standard InChI is InChI=1S/C23H30N4O4/c1-16(28)24-9-7-18(8-10-24)25-14-23(15-25)22(31)26(12-17-5-3-2-4-6-17)21(30)20-11-19(29)13-27(20)23/h2-6,18-20,29H,7-15H2,1H3/t19-,20+/m1/s1. The van der Waals surface area contributed by atoms with Crippen molar-refractivity contribution in [1.29, 1.82) is 0 Å². The zero-order valence-electron chi connectivity index (χ0n) is 17.9. The monoisotopic (exact) mass is 426 g/mol. The van der Waals surface area contributed by atoms with Gasteiger partial charge in [-0.2, -0.15) is 0 Å². The van der Waals surface area contributed by atoms with Gasteiger partial charge in [-0.3, -0.25) is 29.1 Å². The summed E-state index contributed by atoms with van der Waals surface area (Å²) in [6, 6.07) is 9.51. The van der Waals surface area contributed by atoms with Crippen molar-refractivity contribution in [3.05, 3.63) is 35.9 Å². The Labute approximate surface area is 182 Å². The van der Waals surface area contributed by atoms with Crippen molar-refractivity contribution < 1.29 is 19.5 Å². The third kappa shape index (κ3) is 3.37. The number of rotatable bonds is 3. The zero-order chi connectivity index (χ0) is 21.8. The fraction of sp³-hybridized carbons (Fsp3) is 0.609. The van der Waals surface area contributed by atoms with E-state index in [4.69, 9.17) is 0 Å². The molecule has 4 saturated heterocycles. The highest BCUT2D eigenvalue weighted by molar-refractivity contribution is 6.06. The normalized spacial score (nSPS) is 29.4. The largest absolute Gasteiger partial charge is 0.392 e. The second kappa shape index (κ2) is 7.69. The maximum atomic E-state index is 13.7. The molecule has 0 saturated carbocycles. The van der Waals surface area contributed by atoms with E-state index in [1.165, 1.54) is 4.90 Å². The predicted octanol–water partition coefficient (Wildman–Crippen LogP) is 0.0559. The summed E-state index contributed by atoms with van der Waals surface area (Å²) in [6.07, 6.45) is 1.62. The summed E-state index contributed by atoms with van der Waals surface area (Å²) in [7, 11) is 0. The van der Waals surface area contributed by atoms with E-state index in [1.54, 1.807) is 6.92 Å². The number of carbonyl (C=O) groups excluding carboxylic acids is 3. The molecule has 1 aromatic rings. The lowest BCUT2D eigenvalue weighted by Crippen LogP contribution is -2.82. The smallest absolute Gasteiger partial charge is 0.252 e. The van der Waals surface area contributed by atoms with Crippen molar-refractivity contribution in [3.8, 4) is 0 Å². The van der Waals surface area contributed by atoms with Crippen LogP contribution >= 0.6 is 0 Å². The maximum Gasteiger partial charge on any atom is 0.252 e. The van der Waals surface area contributed by atoms with Gasteiger partial charge in [-0.1, -0.05) is 30.3 Å². The number of nitrogens with zero attached hydrogens (tertiary/aromatic N) is 4. The molecule has 4 aliphatic heterocycles. The van der Waals surface area contributed by atoms with Crippen molar-refractivity contribution in [2.24, 2.45) is 0 Å². The molecule has 1 spiro atoms. The quantitative estimate of drug-likeness (QED) is 0.688. The second-order valence-corrected chi connectivity index (χ2v) is 9.45. The number of fused-ring (bicyclic) bond motifs is 2. The summed E-state index contributed by atoms with van der Waals surface area (Å²) in [4.78, 5) is 46.1. The van der Waals surface area contributed by atoms with Crippen molar-refractivity contribution in [2.75, 3.05) is 32.7 Å². The van der Waals surface area contributed by atoms with Crippen LogP contribution in [0.5, 0.6) is 0 Å². The number of β-amino-alcohol motifs (C(OH)–C–C–N with tert-alkyl or cyclic N) is 1. The Morgan fingerprint density at radius 3 is 2.45 bits per heavy atom. The first kappa shape index (κ1) is 20.6. The molecule has 5 rings (SSSR count). The Bertz CT molecular complexity index is 877. The van der Waals surface area contributed by atoms with Crippen LogP contribution in [0.15, 0.2) is 30.3 Å². The van der Waals surface area contributed by atoms with E-state index >= 15 is 0 Å². The van der Waals surface area contributed by atoms with Crippen LogP contribution in [-0.4, -0.2) is 98.9 Å². The van der Waals surface area contributed by atoms with Gasteiger partial charge in [-0.05, 0) is 24.8 Å². The predicted molar refractivity (Wildman–Crippen MR) is 113 cm³/mol. The van der Waals surface area contributed by atoms with E-state index in [0.717, 1.165) is 31.5 Å². The number of hydrogen-bond donors (Lipinski definition) is 1. The third-order valence-corrected chi connectivity index (χ3v) is 7.56. The lowest BCUT2D eigenvalue weighted by Gasteiger charge is -2.60. The number of hydrogen-bond acceptors (Lipinski definition) is 6. The minimum atomic E-state index is -0.734. The van der Waals surface area contributed by atoms with Gasteiger partial charge in [0.2, 0.25) is 11.8 Å². The molecule has 1 aromatic carbocycles. The summed E-state index contributed by atoms with van der Waals surface area (Å²) in [5, 5.41) is 10.3. The first-order valence-electron chi connectivity index (χ1n) is 11.2. The van der Waals surface area contributed by atoms with Crippen LogP contribution < -0.4 is 0 Å². The van der Waals surface area contributed by atoms with E-state index in [-0.39, 0.29) is 24.3 Å². The number of piperidine rings is 1. The van der Waals surface area contributed by atoms with Crippen molar-refractivity contribution in [2.45, 2.75) is 56.5 Å². The molecule has 4 heterocycles. The van der Waals surface area contributed by atoms with Crippen LogP contribution in [0.4, 0.5) is 0 Å². The van der Waals surface area contributed by atoms with Gasteiger partial charge in [0.15, 0.2) is 0 Å². The summed E-state index contributed by atoms with van der Waals surface area (Å²) in [5.74, 6) is -0.210. The number of likely N-dealkylation sites (tertiary alicyclic amines) is 2. The fourth-order valence-corrected chi connectivity index (χ4v) is 5.84. The van der Waals surface area contributed by atoms with Gasteiger partial charge in [-0.15, -0.1) is 0 Å². The van der Waals surface area contributed by atoms with Crippen molar-refractivity contribution >= 4 is 17.7 Å². The van der Waals surface area contributed by atoms with E-state index in [0.29, 0.717) is 32.1 Å². The van der Waals surface area contributed by atoms with Crippen LogP contribution in [0.2, 0.25) is 0 Å². The van der Waals surface area contributed by atoms with Crippen LogP contribution in [-0.2, 0) is 20.9 Å². The Balaban J connectivity index is 1.34. The molecule has 166 valence electrons. The molecular weight excluding hydrogens is 396 g/mol. The summed E-state index contributed by atoms with van der Waals surface area (Å²) in [6.45, 7) is 4.92. The number of aliphatic hydroxyl groups is 1. The molecule has 31 heavy (non-hydrogen) atoms. The van der Waals surface area contributed by atoms with Crippen LogP contribution in [0.1, 0.15) is 31.7 Å². The minimum absolute atomic E-state index is 0.116. The highest BCUT2D eigenvalue weighted by Crippen LogP contribution is 2.42. The van der Waals surface area contributed by atoms with Gasteiger partial charge in [0.1, 0.15) is 5.54 Å². The molecule has 0 unspecified atom stereocenters. The average molecular weight is 427 g/mol. The molecule has 0 aromatic heterocycles. The highest BCUT2D eigenvalue weighted by atomic mass is 16.3. The zero-order valence-corrected chi connectivity index (χ0v) is 17.9. The van der Waals surface area contributed by atoms with Gasteiger partial charge in [0.05, 0.1) is 18.7 Å². The molecule has 8 heteroatoms. The van der Waals surface area contributed by atoms with Gasteiger partial charge in [-0.25, -0.2) is 0 Å². The minimum Gasteiger partial charge on any atom is -0.392 e. The molecule has 0 aliphatic carbocycles. The topological polar surface area (TPSA) is 84.4 Å². The summed E-state index contributed by atoms with van der Waals surface area (Å²) in [5.41, 5.74) is 0.196. The van der Waals surface area contributed by atoms with E-state index in [2.05, 4.69) is 4.90 Å². The van der Waals surface area contributed by atoms with Crippen molar-refractivity contribution in [1.82, 2.24) is 19.6 Å². The Morgan fingerprint density at radius 1 is 1.13 bits per heavy atom. The SMILES string of the molecule is CC(=O)N1CCC(N2CC3(C2)C(=O)N(Cc2ccccc2)C(=O)[C@@H]2C[C@@H](O)CN23)CC1. The number of aliphatic hydroxyl groups excluding tert-OH is 1. The Kier molecular flexibility index (Phi) is 5.11. The van der Waals surface area contributed by atoms with Gasteiger partial charge in [0.25, 0.3) is 5.91 Å². The number of benzene rings is 1. The highest BCUT2D eigenvalue weighted by Gasteiger charge is 2.64. The molecule has 1 N–H and O–H groups in total. The molecule has 4 fully saturated rings. The van der Waals surface area contributed by atoms with Crippen LogP contribution in [0.3, 0.4) is 0 Å². The number of piperazine rings is 1. The third-order valence-electron chi connectivity index (χ3n) is 7.56. The number of carbonyl (C=O) groups is 3. The second-order valence-electron chi connectivity index (χ2n) is 9.45. The van der Waals surface area contributed by atoms with Gasteiger partial charge in [0, 0.05) is 45.7 Å². The molecule has 0 radical (unpaired) electrons. The Hall–Kier alpha value is -2.29. The summed E-state index contributed by atoms with van der Waals surface area (Å²) >= 11 is 0. The molecular formula is C23H30N4O4. The first-order chi connectivity index (χ1) is 14.9. The Morgan fingerprint density at radius 2 is 1.81 bits per heavy atom. The van der Waals surface area contributed by atoms with Crippen LogP contribution in [0, 0.1) is 0 Å². The first-order valence-corrected chi connectivity index (χ1v) is 11.2. The van der Waals surface area contributed by atoms with E-state index < -0.39 is 17.7 Å². The molecule has 3 amide bonds. The number of amides is 3. The lowest BCUT2D eigenvalue weighted by atomic mass is 9.80. The van der Waals surface area contributed by atoms with Crippen LogP contribution in [0.25, 0.3) is 0 Å². The summed E-state index contributed by atoms with van der Waals surface area (Å²) < 4.78 is 0. The lowest BCUT2D eigenvalue weighted by molar-refractivity contribution is -0.184. The van der Waals surface area contributed by atoms with Crippen molar-refractivity contribution in [3.63, 3.8) is 0 Å². The molecule has 4 aliphatic rings. The van der Waals surface area contributed by atoms with E-state index in [9.17, 15) is 19.5 Å². The van der Waals surface area contributed by atoms with Gasteiger partial charge < -0.3 is 10.0 Å². The van der Waals surface area contributed by atoms with E-state index in [1.807, 2.05) is 40.1 Å². The maximum absolute atomic E-state index is 13.7. The number of imide groups is 1. The molecule has 0 bridgehead atoms.